The number of hydrogen-bond donors (Lipinski definition) is 3. The lowest BCUT2D eigenvalue weighted by atomic mass is 10.1. The number of hydrogen-bond acceptors (Lipinski definition) is 9. The van der Waals surface area contributed by atoms with Crippen molar-refractivity contribution in [1.29, 1.82) is 0 Å². The van der Waals surface area contributed by atoms with Gasteiger partial charge in [0.2, 0.25) is 0 Å². The number of fused-ring (bicyclic) bond motifs is 1. The van der Waals surface area contributed by atoms with Crippen molar-refractivity contribution in [2.75, 3.05) is 18.2 Å². The van der Waals surface area contributed by atoms with E-state index in [-0.39, 0.29) is 5.91 Å². The molecule has 8 nitrogen and oxygen atoms in total. The van der Waals surface area contributed by atoms with Crippen LogP contribution in [-0.4, -0.2) is 29.0 Å². The third kappa shape index (κ3) is 9.28. The minimum absolute atomic E-state index is 0.299. The molecular formula is C28H37N5O3S2. The molecule has 4 aromatic rings. The number of carbonyl (C=O) groups is 2. The fourth-order valence-electron chi connectivity index (χ4n) is 2.98. The molecule has 0 radical (unpaired) electrons. The van der Waals surface area contributed by atoms with Gasteiger partial charge in [0.1, 0.15) is 5.82 Å². The Morgan fingerprint density at radius 3 is 2.47 bits per heavy atom. The molecule has 10 heteroatoms. The normalized spacial score (nSPS) is 10.0. The maximum Gasteiger partial charge on any atom is 0.332 e. The first-order valence-electron chi connectivity index (χ1n) is 12.5. The summed E-state index contributed by atoms with van der Waals surface area (Å²) in [5.41, 5.74) is 9.14. The molecule has 0 aliphatic heterocycles. The number of methoxy groups -OCH3 is 1. The number of pyridine rings is 1. The molecule has 4 rings (SSSR count). The molecule has 1 aromatic carbocycles. The second-order valence-corrected chi connectivity index (χ2v) is 8.50. The summed E-state index contributed by atoms with van der Waals surface area (Å²) in [4.78, 5) is 33.3. The summed E-state index contributed by atoms with van der Waals surface area (Å²) in [6, 6.07) is 10.9. The van der Waals surface area contributed by atoms with Crippen LogP contribution in [0.25, 0.3) is 15.9 Å². The lowest BCUT2D eigenvalue weighted by Crippen LogP contribution is -2.24. The van der Waals surface area contributed by atoms with Crippen LogP contribution in [0.5, 0.6) is 0 Å². The van der Waals surface area contributed by atoms with Crippen LogP contribution in [0.2, 0.25) is 0 Å². The molecule has 0 saturated carbocycles. The van der Waals surface area contributed by atoms with Gasteiger partial charge in [-0.25, -0.2) is 14.8 Å². The highest BCUT2D eigenvalue weighted by Crippen LogP contribution is 2.25. The molecule has 4 N–H and O–H groups in total. The van der Waals surface area contributed by atoms with E-state index in [9.17, 15) is 9.59 Å². The van der Waals surface area contributed by atoms with Crippen LogP contribution in [0.1, 0.15) is 63.0 Å². The van der Waals surface area contributed by atoms with E-state index in [1.54, 1.807) is 18.3 Å². The first-order chi connectivity index (χ1) is 18.5. The molecule has 0 fully saturated rings. The Balaban J connectivity index is 0.00000112. The minimum atomic E-state index is -0.514. The van der Waals surface area contributed by atoms with Crippen molar-refractivity contribution in [3.05, 3.63) is 76.1 Å². The molecule has 0 bridgehead atoms. The number of aromatic nitrogens is 2. The van der Waals surface area contributed by atoms with Crippen molar-refractivity contribution in [3.63, 3.8) is 0 Å². The van der Waals surface area contributed by atoms with E-state index in [0.717, 1.165) is 21.3 Å². The predicted octanol–water partition coefficient (Wildman–Crippen LogP) is 6.97. The first kappa shape index (κ1) is 32.3. The Morgan fingerprint density at radius 1 is 1.08 bits per heavy atom. The number of carbonyl (C=O) groups excluding carboxylic acids is 2. The molecule has 0 saturated heterocycles. The Kier molecular flexibility index (Phi) is 15.0. The van der Waals surface area contributed by atoms with Crippen molar-refractivity contribution in [3.8, 4) is 0 Å². The number of nitrogens with zero attached hydrogens (tertiary/aromatic N) is 2. The van der Waals surface area contributed by atoms with Crippen molar-refractivity contribution < 1.29 is 14.3 Å². The number of thiazole rings is 1. The van der Waals surface area contributed by atoms with E-state index in [0.29, 0.717) is 28.8 Å². The second kappa shape index (κ2) is 17.7. The fourth-order valence-corrected chi connectivity index (χ4v) is 4.43. The lowest BCUT2D eigenvalue weighted by Gasteiger charge is -2.13. The van der Waals surface area contributed by atoms with Gasteiger partial charge in [-0.15, -0.1) is 0 Å². The quantitative estimate of drug-likeness (QED) is 0.166. The number of esters is 1. The number of amides is 1. The highest BCUT2D eigenvalue weighted by molar-refractivity contribution is 7.22. The molecule has 38 heavy (non-hydrogen) atoms. The minimum Gasteiger partial charge on any atom is -0.466 e. The van der Waals surface area contributed by atoms with E-state index >= 15 is 0 Å². The molecule has 204 valence electrons. The number of thiophene rings is 1. The van der Waals surface area contributed by atoms with E-state index < -0.39 is 5.97 Å². The van der Waals surface area contributed by atoms with Crippen molar-refractivity contribution in [2.24, 2.45) is 0 Å². The number of nitrogen functional groups attached to an aromatic ring is 1. The summed E-state index contributed by atoms with van der Waals surface area (Å²) < 4.78 is 5.71. The zero-order valence-corrected chi connectivity index (χ0v) is 24.6. The van der Waals surface area contributed by atoms with Crippen LogP contribution < -0.4 is 16.4 Å². The number of benzene rings is 1. The van der Waals surface area contributed by atoms with Crippen LogP contribution >= 0.6 is 22.7 Å². The maximum absolute atomic E-state index is 12.9. The third-order valence-electron chi connectivity index (χ3n) is 4.52. The van der Waals surface area contributed by atoms with Crippen LogP contribution in [0.3, 0.4) is 0 Å². The standard InChI is InChI=1S/C22H19N5O3S2.3C2H6/c1-30-19(28)10-17(14-6-8-31-12-14)26-20-15(3-2-7-24-20)21(29)25-11-13-4-5-16-18(9-13)32-22(23)27-16;3*1-2/h2-10,12H,11H2,1H3,(H2,23,27)(H,24,26)(H,25,29);3*1-2H3/b17-10-;;;. The van der Waals surface area contributed by atoms with E-state index in [2.05, 4.69) is 20.6 Å². The van der Waals surface area contributed by atoms with Gasteiger partial charge in [-0.2, -0.15) is 11.3 Å². The summed E-state index contributed by atoms with van der Waals surface area (Å²) in [5, 5.41) is 10.3. The van der Waals surface area contributed by atoms with Crippen molar-refractivity contribution >= 4 is 61.4 Å². The molecule has 0 unspecified atom stereocenters. The Labute approximate surface area is 233 Å². The topological polar surface area (TPSA) is 119 Å². The molecule has 0 aliphatic rings. The molecular weight excluding hydrogens is 518 g/mol. The highest BCUT2D eigenvalue weighted by atomic mass is 32.1. The van der Waals surface area contributed by atoms with Crippen LogP contribution in [0.4, 0.5) is 10.9 Å². The monoisotopic (exact) mass is 555 g/mol. The summed E-state index contributed by atoms with van der Waals surface area (Å²) in [6.45, 7) is 12.3. The van der Waals surface area contributed by atoms with E-state index in [4.69, 9.17) is 10.5 Å². The summed E-state index contributed by atoms with van der Waals surface area (Å²) >= 11 is 2.89. The van der Waals surface area contributed by atoms with Gasteiger partial charge in [0, 0.05) is 29.8 Å². The van der Waals surface area contributed by atoms with Gasteiger partial charge in [0.25, 0.3) is 5.91 Å². The lowest BCUT2D eigenvalue weighted by molar-refractivity contribution is -0.134. The highest BCUT2D eigenvalue weighted by Gasteiger charge is 2.15. The number of rotatable bonds is 7. The summed E-state index contributed by atoms with van der Waals surface area (Å²) in [7, 11) is 1.31. The zero-order chi connectivity index (χ0) is 28.5. The van der Waals surface area contributed by atoms with Crippen LogP contribution in [0, 0.1) is 0 Å². The predicted molar refractivity (Wildman–Crippen MR) is 161 cm³/mol. The van der Waals surface area contributed by atoms with Gasteiger partial charge in [-0.05, 0) is 41.3 Å². The number of ether oxygens (including phenoxy) is 1. The number of nitrogens with one attached hydrogen (secondary N) is 2. The van der Waals surface area contributed by atoms with Gasteiger partial charge in [0.05, 0.1) is 28.6 Å². The van der Waals surface area contributed by atoms with Gasteiger partial charge in [-0.1, -0.05) is 58.9 Å². The molecule has 3 heterocycles. The smallest absolute Gasteiger partial charge is 0.332 e. The van der Waals surface area contributed by atoms with Gasteiger partial charge in [0.15, 0.2) is 5.13 Å². The maximum atomic E-state index is 12.9. The fraction of sp³-hybridized carbons (Fsp3) is 0.286. The number of nitrogens with two attached hydrogens (primary N) is 1. The molecule has 3 aromatic heterocycles. The largest absolute Gasteiger partial charge is 0.466 e. The molecule has 1 amide bonds. The number of anilines is 2. The summed E-state index contributed by atoms with van der Waals surface area (Å²) in [5.74, 6) is -0.482. The summed E-state index contributed by atoms with van der Waals surface area (Å²) in [6.07, 6.45) is 2.90. The molecule has 0 aliphatic carbocycles. The zero-order valence-electron chi connectivity index (χ0n) is 23.0. The SMILES string of the molecule is CC.CC.CC.COC(=O)/C=C(\Nc1ncccc1C(=O)NCc1ccc2nc(N)sc2c1)c1ccsc1. The molecule has 0 atom stereocenters. The Hall–Kier alpha value is -3.76. The Bertz CT molecular complexity index is 1300. The third-order valence-corrected chi connectivity index (χ3v) is 6.05. The average Bonchev–Trinajstić information content (AvgIpc) is 3.64. The van der Waals surface area contributed by atoms with Crippen LogP contribution in [-0.2, 0) is 16.1 Å². The van der Waals surface area contributed by atoms with Gasteiger partial charge in [-0.3, -0.25) is 4.79 Å². The van der Waals surface area contributed by atoms with E-state index in [1.165, 1.54) is 35.9 Å². The van der Waals surface area contributed by atoms with Gasteiger partial charge < -0.3 is 21.1 Å². The van der Waals surface area contributed by atoms with Crippen LogP contribution in [0.15, 0.2) is 59.4 Å². The average molecular weight is 556 g/mol. The molecule has 0 spiro atoms. The van der Waals surface area contributed by atoms with E-state index in [1.807, 2.05) is 76.6 Å². The van der Waals surface area contributed by atoms with Gasteiger partial charge >= 0.3 is 5.97 Å². The Morgan fingerprint density at radius 2 is 1.82 bits per heavy atom. The van der Waals surface area contributed by atoms with Crippen molar-refractivity contribution in [1.82, 2.24) is 15.3 Å². The first-order valence-corrected chi connectivity index (χ1v) is 14.3. The van der Waals surface area contributed by atoms with Crippen molar-refractivity contribution in [2.45, 2.75) is 48.1 Å². The second-order valence-electron chi connectivity index (χ2n) is 6.65.